The van der Waals surface area contributed by atoms with Crippen molar-refractivity contribution in [3.63, 3.8) is 0 Å². The first kappa shape index (κ1) is 11.7. The van der Waals surface area contributed by atoms with Crippen molar-refractivity contribution in [3.05, 3.63) is 30.1 Å². The highest BCUT2D eigenvalue weighted by Crippen LogP contribution is 2.32. The van der Waals surface area contributed by atoms with Gasteiger partial charge in [-0.1, -0.05) is 18.2 Å². The second-order valence-corrected chi connectivity index (χ2v) is 5.42. The summed E-state index contributed by atoms with van der Waals surface area (Å²) in [6.45, 7) is 4.04. The van der Waals surface area contributed by atoms with Gasteiger partial charge in [0.2, 0.25) is 0 Å². The lowest BCUT2D eigenvalue weighted by atomic mass is 10.1. The number of hydrogen-bond acceptors (Lipinski definition) is 4. The van der Waals surface area contributed by atoms with Gasteiger partial charge in [0.1, 0.15) is 11.3 Å². The molecule has 5 nitrogen and oxygen atoms in total. The van der Waals surface area contributed by atoms with Crippen LogP contribution in [-0.2, 0) is 6.54 Å². The van der Waals surface area contributed by atoms with Gasteiger partial charge in [0, 0.05) is 11.4 Å². The lowest BCUT2D eigenvalue weighted by Gasteiger charge is -2.14. The van der Waals surface area contributed by atoms with Gasteiger partial charge in [-0.25, -0.2) is 9.97 Å². The summed E-state index contributed by atoms with van der Waals surface area (Å²) in [5, 5.41) is 4.55. The predicted molar refractivity (Wildman–Crippen MR) is 80.5 cm³/mol. The third-order valence-corrected chi connectivity index (χ3v) is 4.09. The van der Waals surface area contributed by atoms with Crippen LogP contribution in [0, 0.1) is 0 Å². The molecule has 2 aromatic heterocycles. The summed E-state index contributed by atoms with van der Waals surface area (Å²) in [5.74, 6) is 1.57. The Kier molecular flexibility index (Phi) is 2.44. The van der Waals surface area contributed by atoms with Crippen LogP contribution in [0.1, 0.15) is 25.2 Å². The quantitative estimate of drug-likeness (QED) is 0.655. The molecule has 1 aliphatic heterocycles. The van der Waals surface area contributed by atoms with E-state index >= 15 is 0 Å². The molecule has 1 atom stereocenters. The molecule has 1 aliphatic rings. The van der Waals surface area contributed by atoms with Crippen LogP contribution in [0.2, 0.25) is 0 Å². The summed E-state index contributed by atoms with van der Waals surface area (Å²) in [5.41, 5.74) is 9.00. The molecule has 0 saturated heterocycles. The summed E-state index contributed by atoms with van der Waals surface area (Å²) in [6.07, 6.45) is 1.09. The lowest BCUT2D eigenvalue weighted by molar-refractivity contribution is 0.528. The number of nitrogens with two attached hydrogens (primary N) is 1. The molecule has 3 N–H and O–H groups in total. The number of hydrogen-bond donors (Lipinski definition) is 2. The molecule has 5 heteroatoms. The average Bonchev–Trinajstić information content (AvgIpc) is 2.75. The normalized spacial score (nSPS) is 19.1. The molecule has 0 spiro atoms. The van der Waals surface area contributed by atoms with E-state index in [2.05, 4.69) is 27.9 Å². The van der Waals surface area contributed by atoms with Crippen LogP contribution in [0.3, 0.4) is 0 Å². The molecule has 20 heavy (non-hydrogen) atoms. The summed E-state index contributed by atoms with van der Waals surface area (Å²) < 4.78 is 2.33. The van der Waals surface area contributed by atoms with Crippen LogP contribution in [0.5, 0.6) is 0 Å². The average molecular weight is 267 g/mol. The van der Waals surface area contributed by atoms with Gasteiger partial charge < -0.3 is 15.6 Å². The maximum Gasteiger partial charge on any atom is 0.152 e. The number of rotatable bonds is 0. The number of fused-ring (bicyclic) bond motifs is 5. The topological polar surface area (TPSA) is 68.8 Å². The van der Waals surface area contributed by atoms with Crippen molar-refractivity contribution in [2.75, 3.05) is 12.3 Å². The minimum absolute atomic E-state index is 0.412. The number of nitrogens with zero attached hydrogens (tertiary/aromatic N) is 3. The van der Waals surface area contributed by atoms with Crippen molar-refractivity contribution >= 4 is 27.8 Å². The molecule has 1 aromatic carbocycles. The summed E-state index contributed by atoms with van der Waals surface area (Å²) in [7, 11) is 0. The van der Waals surface area contributed by atoms with Crippen LogP contribution in [0.25, 0.3) is 21.9 Å². The number of nitrogen functional groups attached to an aromatic ring is 1. The second kappa shape index (κ2) is 4.18. The van der Waals surface area contributed by atoms with E-state index in [1.54, 1.807) is 0 Å². The Bertz CT molecular complexity index is 805. The highest BCUT2D eigenvalue weighted by atomic mass is 15.2. The standard InChI is InChI=1S/C15H17N5/c1-9-6-7-17-8-12-19-13-14(20(9)12)10-4-2-3-5-11(10)18-15(13)16/h2-5,9,17H,6-8H2,1H3,(H2,16,18). The Morgan fingerprint density at radius 2 is 2.15 bits per heavy atom. The van der Waals surface area contributed by atoms with Gasteiger partial charge in [0.05, 0.1) is 17.6 Å². The Morgan fingerprint density at radius 3 is 3.05 bits per heavy atom. The molecule has 102 valence electrons. The molecule has 4 rings (SSSR count). The van der Waals surface area contributed by atoms with Crippen molar-refractivity contribution < 1.29 is 0 Å². The van der Waals surface area contributed by atoms with Gasteiger partial charge in [0.15, 0.2) is 5.82 Å². The van der Waals surface area contributed by atoms with Crippen molar-refractivity contribution in [3.8, 4) is 0 Å². The van der Waals surface area contributed by atoms with E-state index in [9.17, 15) is 0 Å². The van der Waals surface area contributed by atoms with E-state index in [0.717, 1.165) is 47.3 Å². The van der Waals surface area contributed by atoms with Crippen molar-refractivity contribution in [1.82, 2.24) is 19.9 Å². The van der Waals surface area contributed by atoms with E-state index < -0.39 is 0 Å². The molecular weight excluding hydrogens is 250 g/mol. The monoisotopic (exact) mass is 267 g/mol. The minimum Gasteiger partial charge on any atom is -0.382 e. The molecule has 1 unspecified atom stereocenters. The van der Waals surface area contributed by atoms with Crippen molar-refractivity contribution in [2.24, 2.45) is 0 Å². The van der Waals surface area contributed by atoms with Gasteiger partial charge in [-0.3, -0.25) is 0 Å². The Labute approximate surface area is 116 Å². The first-order valence-electron chi connectivity index (χ1n) is 7.01. The molecule has 0 aliphatic carbocycles. The summed E-state index contributed by atoms with van der Waals surface area (Å²) in [4.78, 5) is 9.20. The number of anilines is 1. The fraction of sp³-hybridized carbons (Fsp3) is 0.333. The van der Waals surface area contributed by atoms with Crippen LogP contribution in [-0.4, -0.2) is 21.1 Å². The number of pyridine rings is 1. The third kappa shape index (κ3) is 1.53. The van der Waals surface area contributed by atoms with Crippen LogP contribution < -0.4 is 11.1 Å². The maximum absolute atomic E-state index is 6.11. The van der Waals surface area contributed by atoms with Crippen LogP contribution in [0.4, 0.5) is 5.82 Å². The van der Waals surface area contributed by atoms with Gasteiger partial charge in [-0.15, -0.1) is 0 Å². The fourth-order valence-electron chi connectivity index (χ4n) is 3.11. The number of aromatic nitrogens is 3. The van der Waals surface area contributed by atoms with E-state index in [-0.39, 0.29) is 0 Å². The fourth-order valence-corrected chi connectivity index (χ4v) is 3.11. The van der Waals surface area contributed by atoms with Gasteiger partial charge in [-0.2, -0.15) is 0 Å². The van der Waals surface area contributed by atoms with Crippen molar-refractivity contribution in [2.45, 2.75) is 25.9 Å². The zero-order valence-corrected chi connectivity index (χ0v) is 11.4. The molecule has 0 amide bonds. The molecular formula is C15H17N5. The summed E-state index contributed by atoms with van der Waals surface area (Å²) in [6, 6.07) is 8.55. The molecule has 0 radical (unpaired) electrons. The second-order valence-electron chi connectivity index (χ2n) is 5.42. The first-order valence-corrected chi connectivity index (χ1v) is 7.01. The number of benzene rings is 1. The lowest BCUT2D eigenvalue weighted by Crippen LogP contribution is -2.12. The zero-order valence-electron chi connectivity index (χ0n) is 11.4. The molecule has 0 fully saturated rings. The van der Waals surface area contributed by atoms with Gasteiger partial charge in [0.25, 0.3) is 0 Å². The number of imidazole rings is 1. The highest BCUT2D eigenvalue weighted by molar-refractivity contribution is 6.06. The minimum atomic E-state index is 0.412. The molecule has 3 heterocycles. The SMILES string of the molecule is CC1CCNCc2nc3c(N)nc4ccccc4c3n21. The van der Waals surface area contributed by atoms with E-state index in [1.807, 2.05) is 18.2 Å². The highest BCUT2D eigenvalue weighted by Gasteiger charge is 2.21. The first-order chi connectivity index (χ1) is 9.75. The van der Waals surface area contributed by atoms with Crippen LogP contribution in [0.15, 0.2) is 24.3 Å². The molecule has 0 bridgehead atoms. The van der Waals surface area contributed by atoms with Crippen molar-refractivity contribution in [1.29, 1.82) is 0 Å². The maximum atomic E-state index is 6.11. The van der Waals surface area contributed by atoms with E-state index in [4.69, 9.17) is 10.7 Å². The third-order valence-electron chi connectivity index (χ3n) is 4.09. The molecule has 3 aromatic rings. The smallest absolute Gasteiger partial charge is 0.152 e. The van der Waals surface area contributed by atoms with Crippen LogP contribution >= 0.6 is 0 Å². The van der Waals surface area contributed by atoms with Gasteiger partial charge >= 0.3 is 0 Å². The Balaban J connectivity index is 2.19. The number of nitrogens with one attached hydrogen (secondary N) is 1. The Morgan fingerprint density at radius 1 is 1.30 bits per heavy atom. The van der Waals surface area contributed by atoms with Gasteiger partial charge in [-0.05, 0) is 26.0 Å². The van der Waals surface area contributed by atoms with E-state index in [0.29, 0.717) is 11.9 Å². The number of para-hydroxylation sites is 1. The predicted octanol–water partition coefficient (Wildman–Crippen LogP) is 2.22. The zero-order chi connectivity index (χ0) is 13.7. The van der Waals surface area contributed by atoms with E-state index in [1.165, 1.54) is 0 Å². The molecule has 0 saturated carbocycles. The largest absolute Gasteiger partial charge is 0.382 e. The summed E-state index contributed by atoms with van der Waals surface area (Å²) >= 11 is 0. The Hall–Kier alpha value is -2.14.